The number of carbonyl (C=O) groups is 6. The smallest absolute Gasteiger partial charge is 0.371 e. The summed E-state index contributed by atoms with van der Waals surface area (Å²) in [6, 6.07) is 14.9. The number of ether oxygens (including phenoxy) is 5. The number of thioether (sulfide) groups is 2. The van der Waals surface area contributed by atoms with E-state index >= 15 is 0 Å². The second-order valence-corrected chi connectivity index (χ2v) is 11.6. The first-order valence-electron chi connectivity index (χ1n) is 12.5. The fourth-order valence-electron chi connectivity index (χ4n) is 2.87. The fraction of sp³-hybridized carbons (Fsp3) is 0.357. The monoisotopic (exact) mass is 621 g/mol. The van der Waals surface area contributed by atoms with Gasteiger partial charge in [-0.25, -0.2) is 24.0 Å². The van der Waals surface area contributed by atoms with E-state index in [1.54, 1.807) is 50.2 Å². The third-order valence-electron chi connectivity index (χ3n) is 4.95. The van der Waals surface area contributed by atoms with Crippen LogP contribution in [0.1, 0.15) is 48.4 Å². The molecule has 0 spiro atoms. The summed E-state index contributed by atoms with van der Waals surface area (Å²) < 4.78 is 23.3. The minimum absolute atomic E-state index is 0.273. The van der Waals surface area contributed by atoms with Crippen LogP contribution in [0.15, 0.2) is 60.7 Å². The third kappa shape index (κ3) is 12.2. The van der Waals surface area contributed by atoms with Crippen molar-refractivity contribution in [2.24, 2.45) is 0 Å². The maximum atomic E-state index is 13.0. The predicted octanol–water partition coefficient (Wildman–Crippen LogP) is 4.57. The summed E-state index contributed by atoms with van der Waals surface area (Å²) >= 11 is 1.05. The number of benzene rings is 2. The van der Waals surface area contributed by atoms with Crippen LogP contribution in [0.4, 0.5) is 9.59 Å². The Morgan fingerprint density at radius 1 is 0.738 bits per heavy atom. The number of rotatable bonds is 13. The normalized spacial score (nSPS) is 11.5. The van der Waals surface area contributed by atoms with Gasteiger partial charge in [0.25, 0.3) is 0 Å². The zero-order chi connectivity index (χ0) is 31.1. The first kappa shape index (κ1) is 34.2. The molecule has 0 aromatic heterocycles. The van der Waals surface area contributed by atoms with Crippen molar-refractivity contribution in [3.8, 4) is 0 Å². The second-order valence-electron chi connectivity index (χ2n) is 9.06. The van der Waals surface area contributed by atoms with Crippen LogP contribution in [0.3, 0.4) is 0 Å². The van der Waals surface area contributed by atoms with E-state index < -0.39 is 64.9 Å². The van der Waals surface area contributed by atoms with E-state index in [2.05, 4.69) is 5.32 Å². The van der Waals surface area contributed by atoms with Crippen molar-refractivity contribution < 1.29 is 52.5 Å². The standard InChI is InChI=1S/C28H31NO11S2/c1-18(2)40-24(32)21(15-41-26(34)38-16-36-22(30)19-11-7-5-8-12-19)29-25(33)28(3,4)42-27(35)39-17-37-23(31)20-13-9-6-10-14-20/h5-14,18,21H,15-17H2,1-4H3,(H,29,33)/t21-/m0/s1. The van der Waals surface area contributed by atoms with Crippen molar-refractivity contribution in [2.75, 3.05) is 19.3 Å². The van der Waals surface area contributed by atoms with Gasteiger partial charge in [-0.2, -0.15) is 0 Å². The molecular formula is C28H31NO11S2. The molecule has 0 aliphatic carbocycles. The maximum Gasteiger partial charge on any atom is 0.371 e. The van der Waals surface area contributed by atoms with Gasteiger partial charge in [0, 0.05) is 5.75 Å². The van der Waals surface area contributed by atoms with Crippen LogP contribution in [0.5, 0.6) is 0 Å². The molecule has 0 saturated carbocycles. The van der Waals surface area contributed by atoms with E-state index in [1.807, 2.05) is 0 Å². The van der Waals surface area contributed by atoms with Crippen molar-refractivity contribution in [3.63, 3.8) is 0 Å². The first-order valence-corrected chi connectivity index (χ1v) is 14.3. The summed E-state index contributed by atoms with van der Waals surface area (Å²) in [5.74, 6) is -3.20. The molecule has 2 aromatic carbocycles. The van der Waals surface area contributed by atoms with E-state index in [0.29, 0.717) is 23.5 Å². The van der Waals surface area contributed by atoms with Crippen molar-refractivity contribution in [3.05, 3.63) is 71.8 Å². The molecule has 0 heterocycles. The number of esters is 3. The molecule has 0 radical (unpaired) electrons. The molecule has 0 aliphatic rings. The molecule has 0 unspecified atom stereocenters. The van der Waals surface area contributed by atoms with Crippen molar-refractivity contribution >= 4 is 57.9 Å². The van der Waals surface area contributed by atoms with E-state index in [0.717, 1.165) is 0 Å². The van der Waals surface area contributed by atoms with Gasteiger partial charge in [0.2, 0.25) is 19.5 Å². The third-order valence-corrected chi connectivity index (χ3v) is 6.78. The minimum Gasteiger partial charge on any atom is -0.461 e. The molecule has 0 saturated heterocycles. The Bertz CT molecular complexity index is 1240. The molecule has 2 rings (SSSR count). The molecule has 1 amide bonds. The Labute approximate surface area is 251 Å². The number of hydrogen-bond acceptors (Lipinski definition) is 13. The van der Waals surface area contributed by atoms with Gasteiger partial charge in [0.1, 0.15) is 6.04 Å². The highest BCUT2D eigenvalue weighted by molar-refractivity contribution is 8.15. The Morgan fingerprint density at radius 3 is 1.69 bits per heavy atom. The Hall–Kier alpha value is -4.04. The minimum atomic E-state index is -1.44. The van der Waals surface area contributed by atoms with Crippen LogP contribution in [-0.2, 0) is 33.3 Å². The predicted molar refractivity (Wildman–Crippen MR) is 154 cm³/mol. The Morgan fingerprint density at radius 2 is 1.21 bits per heavy atom. The summed E-state index contributed by atoms with van der Waals surface area (Å²) in [6.45, 7) is 4.73. The summed E-state index contributed by atoms with van der Waals surface area (Å²) in [5.41, 5.74) is 0.549. The highest BCUT2D eigenvalue weighted by atomic mass is 32.2. The van der Waals surface area contributed by atoms with E-state index in [4.69, 9.17) is 23.7 Å². The van der Waals surface area contributed by atoms with Crippen LogP contribution in [-0.4, -0.2) is 70.6 Å². The Balaban J connectivity index is 1.85. The van der Waals surface area contributed by atoms with Crippen LogP contribution >= 0.6 is 23.5 Å². The summed E-state index contributed by atoms with van der Waals surface area (Å²) in [6.07, 6.45) is -0.512. The highest BCUT2D eigenvalue weighted by Gasteiger charge is 2.36. The van der Waals surface area contributed by atoms with Crippen LogP contribution < -0.4 is 5.32 Å². The summed E-state index contributed by atoms with van der Waals surface area (Å²) in [7, 11) is 0. The zero-order valence-corrected chi connectivity index (χ0v) is 25.0. The van der Waals surface area contributed by atoms with Gasteiger partial charge in [0.05, 0.1) is 22.0 Å². The van der Waals surface area contributed by atoms with Crippen LogP contribution in [0, 0.1) is 0 Å². The van der Waals surface area contributed by atoms with E-state index in [9.17, 15) is 28.8 Å². The first-order chi connectivity index (χ1) is 19.9. The highest BCUT2D eigenvalue weighted by Crippen LogP contribution is 2.27. The molecule has 42 heavy (non-hydrogen) atoms. The molecule has 1 N–H and O–H groups in total. The molecule has 226 valence electrons. The lowest BCUT2D eigenvalue weighted by Crippen LogP contribution is -2.50. The quantitative estimate of drug-likeness (QED) is 0.188. The van der Waals surface area contributed by atoms with Crippen molar-refractivity contribution in [1.82, 2.24) is 5.32 Å². The zero-order valence-electron chi connectivity index (χ0n) is 23.4. The van der Waals surface area contributed by atoms with Gasteiger partial charge < -0.3 is 29.0 Å². The van der Waals surface area contributed by atoms with Gasteiger partial charge in [-0.3, -0.25) is 4.79 Å². The fourth-order valence-corrected chi connectivity index (χ4v) is 4.20. The average molecular weight is 622 g/mol. The van der Waals surface area contributed by atoms with Gasteiger partial charge in [0.15, 0.2) is 0 Å². The van der Waals surface area contributed by atoms with Crippen LogP contribution in [0.25, 0.3) is 0 Å². The molecule has 1 atom stereocenters. The van der Waals surface area contributed by atoms with Gasteiger partial charge in [-0.1, -0.05) is 36.4 Å². The lowest BCUT2D eigenvalue weighted by atomic mass is 10.2. The molecule has 14 heteroatoms. The number of hydrogen-bond donors (Lipinski definition) is 1. The number of nitrogens with one attached hydrogen (secondary N) is 1. The lowest BCUT2D eigenvalue weighted by molar-refractivity contribution is -0.150. The molecule has 12 nitrogen and oxygen atoms in total. The van der Waals surface area contributed by atoms with Gasteiger partial charge in [-0.05, 0) is 75.5 Å². The summed E-state index contributed by atoms with van der Waals surface area (Å²) in [5, 5.41) is 0.705. The van der Waals surface area contributed by atoms with Crippen molar-refractivity contribution in [2.45, 2.75) is 44.6 Å². The summed E-state index contributed by atoms with van der Waals surface area (Å²) in [4.78, 5) is 73.9. The maximum absolute atomic E-state index is 13.0. The van der Waals surface area contributed by atoms with Gasteiger partial charge >= 0.3 is 28.5 Å². The van der Waals surface area contributed by atoms with E-state index in [-0.39, 0.29) is 16.9 Å². The molecular weight excluding hydrogens is 590 g/mol. The second kappa shape index (κ2) is 17.0. The lowest BCUT2D eigenvalue weighted by Gasteiger charge is -2.25. The Kier molecular flexibility index (Phi) is 13.9. The largest absolute Gasteiger partial charge is 0.461 e. The number of carbonyl (C=O) groups excluding carboxylic acids is 6. The van der Waals surface area contributed by atoms with Crippen molar-refractivity contribution in [1.29, 1.82) is 0 Å². The number of amides is 1. The van der Waals surface area contributed by atoms with E-state index in [1.165, 1.54) is 38.1 Å². The topological polar surface area (TPSA) is 161 Å². The SMILES string of the molecule is CC(C)OC(=O)[C@H](CSC(=O)OCOC(=O)c1ccccc1)NC(=O)C(C)(C)SC(=O)OCOC(=O)c1ccccc1. The molecule has 0 fully saturated rings. The average Bonchev–Trinajstić information content (AvgIpc) is 2.95. The van der Waals surface area contributed by atoms with Crippen LogP contribution in [0.2, 0.25) is 0 Å². The molecule has 2 aromatic rings. The molecule has 0 aliphatic heterocycles. The van der Waals surface area contributed by atoms with Gasteiger partial charge in [-0.15, -0.1) is 0 Å². The molecule has 0 bridgehead atoms.